The summed E-state index contributed by atoms with van der Waals surface area (Å²) in [7, 11) is 0. The van der Waals surface area contributed by atoms with Crippen molar-refractivity contribution >= 4 is 23.6 Å². The molecule has 1 atom stereocenters. The average molecular weight is 464 g/mol. The van der Waals surface area contributed by atoms with Crippen molar-refractivity contribution in [3.05, 3.63) is 36.0 Å². The van der Waals surface area contributed by atoms with Gasteiger partial charge in [-0.3, -0.25) is 14.5 Å². The summed E-state index contributed by atoms with van der Waals surface area (Å²) in [4.78, 5) is 30.0. The Bertz CT molecular complexity index is 736. The molecule has 1 fully saturated rings. The molecular weight excluding hydrogens is 426 g/mol. The van der Waals surface area contributed by atoms with Gasteiger partial charge in [0.15, 0.2) is 0 Å². The maximum atomic E-state index is 11.7. The SMILES string of the molecule is CC(C)CC(=O)OCCSC(CC=CCOc1cc(CN2CCCCC2)ccn1)C(N)=O. The van der Waals surface area contributed by atoms with Crippen molar-refractivity contribution < 1.29 is 19.1 Å². The normalized spacial score (nSPS) is 15.7. The smallest absolute Gasteiger partial charge is 0.306 e. The number of nitrogens with zero attached hydrogens (tertiary/aromatic N) is 2. The molecule has 178 valence electrons. The number of pyridine rings is 1. The van der Waals surface area contributed by atoms with Crippen LogP contribution >= 0.6 is 11.8 Å². The number of esters is 1. The average Bonchev–Trinajstić information content (AvgIpc) is 2.75. The first-order valence-electron chi connectivity index (χ1n) is 11.5. The Kier molecular flexibility index (Phi) is 12.2. The van der Waals surface area contributed by atoms with Gasteiger partial charge >= 0.3 is 5.97 Å². The molecule has 2 heterocycles. The molecule has 0 bridgehead atoms. The standard InChI is InChI=1S/C24H37N3O4S/c1-19(2)16-23(28)31-14-15-32-21(24(25)29)8-4-7-13-30-22-17-20(9-10-26-22)18-27-11-5-3-6-12-27/h4,7,9-10,17,19,21H,3,5-6,8,11-16,18H2,1-2H3,(H2,25,29). The lowest BCUT2D eigenvalue weighted by Crippen LogP contribution is -2.29. The molecule has 1 aliphatic heterocycles. The van der Waals surface area contributed by atoms with Gasteiger partial charge in [-0.25, -0.2) is 4.98 Å². The molecule has 0 radical (unpaired) electrons. The number of aromatic nitrogens is 1. The highest BCUT2D eigenvalue weighted by atomic mass is 32.2. The highest BCUT2D eigenvalue weighted by Gasteiger charge is 2.15. The molecule has 1 aromatic rings. The van der Waals surface area contributed by atoms with Gasteiger partial charge in [0.25, 0.3) is 0 Å². The van der Waals surface area contributed by atoms with Crippen molar-refractivity contribution in [1.82, 2.24) is 9.88 Å². The van der Waals surface area contributed by atoms with E-state index in [4.69, 9.17) is 15.2 Å². The van der Waals surface area contributed by atoms with Crippen LogP contribution in [-0.4, -0.2) is 59.1 Å². The number of piperidine rings is 1. The van der Waals surface area contributed by atoms with E-state index in [1.54, 1.807) is 6.20 Å². The Morgan fingerprint density at radius 1 is 1.25 bits per heavy atom. The molecule has 1 aliphatic rings. The lowest BCUT2D eigenvalue weighted by molar-refractivity contribution is -0.143. The van der Waals surface area contributed by atoms with Crippen LogP contribution in [0.1, 0.15) is 51.5 Å². The van der Waals surface area contributed by atoms with Crippen LogP contribution < -0.4 is 10.5 Å². The quantitative estimate of drug-likeness (QED) is 0.256. The fraction of sp³-hybridized carbons (Fsp3) is 0.625. The Hall–Kier alpha value is -2.06. The number of nitrogens with two attached hydrogens (primary N) is 1. The van der Waals surface area contributed by atoms with E-state index in [1.807, 2.05) is 38.1 Å². The molecule has 1 amide bonds. The van der Waals surface area contributed by atoms with Crippen LogP contribution in [0.3, 0.4) is 0 Å². The second-order valence-corrected chi connectivity index (χ2v) is 9.75. The van der Waals surface area contributed by atoms with E-state index in [0.29, 0.717) is 31.1 Å². The van der Waals surface area contributed by atoms with Crippen LogP contribution in [0.4, 0.5) is 0 Å². The van der Waals surface area contributed by atoms with Gasteiger partial charge in [0.05, 0.1) is 5.25 Å². The van der Waals surface area contributed by atoms with E-state index in [-0.39, 0.29) is 29.7 Å². The molecule has 1 aromatic heterocycles. The van der Waals surface area contributed by atoms with E-state index < -0.39 is 0 Å². The Labute approximate surface area is 196 Å². The van der Waals surface area contributed by atoms with Gasteiger partial charge in [0.2, 0.25) is 11.8 Å². The summed E-state index contributed by atoms with van der Waals surface area (Å²) in [6.45, 7) is 7.84. The molecule has 2 N–H and O–H groups in total. The fourth-order valence-corrected chi connectivity index (χ4v) is 4.30. The second kappa shape index (κ2) is 14.9. The maximum absolute atomic E-state index is 11.7. The molecule has 0 spiro atoms. The first-order valence-corrected chi connectivity index (χ1v) is 12.5. The molecule has 0 aliphatic carbocycles. The molecule has 32 heavy (non-hydrogen) atoms. The minimum absolute atomic E-state index is 0.207. The summed E-state index contributed by atoms with van der Waals surface area (Å²) in [5.74, 6) is 0.833. The zero-order valence-corrected chi connectivity index (χ0v) is 20.1. The third kappa shape index (κ3) is 11.0. The molecule has 2 rings (SSSR count). The van der Waals surface area contributed by atoms with Gasteiger partial charge in [-0.2, -0.15) is 0 Å². The topological polar surface area (TPSA) is 94.8 Å². The number of amides is 1. The summed E-state index contributed by atoms with van der Waals surface area (Å²) < 4.78 is 10.9. The lowest BCUT2D eigenvalue weighted by atomic mass is 10.1. The van der Waals surface area contributed by atoms with Gasteiger partial charge in [-0.05, 0) is 49.9 Å². The first-order chi connectivity index (χ1) is 15.4. The van der Waals surface area contributed by atoms with E-state index in [1.165, 1.54) is 36.6 Å². The van der Waals surface area contributed by atoms with Gasteiger partial charge in [0, 0.05) is 31.0 Å². The number of carbonyl (C=O) groups is 2. The number of allylic oxidation sites excluding steroid dienone is 1. The number of ether oxygens (including phenoxy) is 2. The summed E-state index contributed by atoms with van der Waals surface area (Å²) in [6.07, 6.45) is 10.3. The highest BCUT2D eigenvalue weighted by Crippen LogP contribution is 2.17. The number of hydrogen-bond acceptors (Lipinski definition) is 7. The number of rotatable bonds is 14. The maximum Gasteiger partial charge on any atom is 0.306 e. The predicted molar refractivity (Wildman–Crippen MR) is 128 cm³/mol. The van der Waals surface area contributed by atoms with Crippen molar-refractivity contribution in [3.63, 3.8) is 0 Å². The molecule has 1 saturated heterocycles. The molecule has 8 heteroatoms. The summed E-state index contributed by atoms with van der Waals surface area (Å²) >= 11 is 1.40. The van der Waals surface area contributed by atoms with Crippen molar-refractivity contribution in [2.45, 2.75) is 57.7 Å². The number of primary amides is 1. The van der Waals surface area contributed by atoms with Gasteiger partial charge < -0.3 is 15.2 Å². The zero-order valence-electron chi connectivity index (χ0n) is 19.3. The van der Waals surface area contributed by atoms with Crippen molar-refractivity contribution in [1.29, 1.82) is 0 Å². The highest BCUT2D eigenvalue weighted by molar-refractivity contribution is 8.00. The minimum Gasteiger partial charge on any atom is -0.473 e. The Morgan fingerprint density at radius 3 is 2.75 bits per heavy atom. The number of carbonyl (C=O) groups excluding carboxylic acids is 2. The summed E-state index contributed by atoms with van der Waals surface area (Å²) in [5.41, 5.74) is 6.71. The van der Waals surface area contributed by atoms with Crippen LogP contribution in [0.2, 0.25) is 0 Å². The van der Waals surface area contributed by atoms with Crippen molar-refractivity contribution in [3.8, 4) is 5.88 Å². The summed E-state index contributed by atoms with van der Waals surface area (Å²) in [5, 5.41) is -0.360. The molecule has 0 saturated carbocycles. The van der Waals surface area contributed by atoms with Crippen LogP contribution in [0.5, 0.6) is 5.88 Å². The predicted octanol–water partition coefficient (Wildman–Crippen LogP) is 3.57. The van der Waals surface area contributed by atoms with E-state index in [0.717, 1.165) is 19.6 Å². The van der Waals surface area contributed by atoms with Crippen LogP contribution in [0, 0.1) is 5.92 Å². The number of thioether (sulfide) groups is 1. The van der Waals surface area contributed by atoms with Crippen molar-refractivity contribution in [2.24, 2.45) is 11.7 Å². The van der Waals surface area contributed by atoms with Crippen LogP contribution in [0.25, 0.3) is 0 Å². The minimum atomic E-state index is -0.374. The molecule has 1 unspecified atom stereocenters. The van der Waals surface area contributed by atoms with Crippen LogP contribution in [-0.2, 0) is 20.9 Å². The zero-order chi connectivity index (χ0) is 23.2. The third-order valence-corrected chi connectivity index (χ3v) is 6.29. The van der Waals surface area contributed by atoms with E-state index in [2.05, 4.69) is 9.88 Å². The van der Waals surface area contributed by atoms with Gasteiger partial charge in [-0.15, -0.1) is 11.8 Å². The largest absolute Gasteiger partial charge is 0.473 e. The van der Waals surface area contributed by atoms with Gasteiger partial charge in [-0.1, -0.05) is 32.4 Å². The fourth-order valence-electron chi connectivity index (χ4n) is 3.43. The van der Waals surface area contributed by atoms with E-state index in [9.17, 15) is 9.59 Å². The third-order valence-electron chi connectivity index (χ3n) is 5.06. The molecule has 0 aromatic carbocycles. The molecule has 7 nitrogen and oxygen atoms in total. The Balaban J connectivity index is 1.67. The summed E-state index contributed by atoms with van der Waals surface area (Å²) in [6, 6.07) is 4.02. The molecular formula is C24H37N3O4S. The first kappa shape index (κ1) is 26.2. The Morgan fingerprint density at radius 2 is 2.03 bits per heavy atom. The van der Waals surface area contributed by atoms with Crippen LogP contribution in [0.15, 0.2) is 30.5 Å². The van der Waals surface area contributed by atoms with Crippen molar-refractivity contribution in [2.75, 3.05) is 32.1 Å². The van der Waals surface area contributed by atoms with Gasteiger partial charge in [0.1, 0.15) is 13.2 Å². The van der Waals surface area contributed by atoms with E-state index >= 15 is 0 Å². The number of hydrogen-bond donors (Lipinski definition) is 1. The monoisotopic (exact) mass is 463 g/mol. The lowest BCUT2D eigenvalue weighted by Gasteiger charge is -2.26. The number of likely N-dealkylation sites (tertiary alicyclic amines) is 1. The second-order valence-electron chi connectivity index (χ2n) is 8.44.